The van der Waals surface area contributed by atoms with Crippen molar-refractivity contribution in [3.63, 3.8) is 0 Å². The average Bonchev–Trinajstić information content (AvgIpc) is 2.85. The van der Waals surface area contributed by atoms with Crippen LogP contribution in [0.25, 0.3) is 0 Å². The fraction of sp³-hybridized carbons (Fsp3) is 0.464. The average molecular weight is 552 g/mol. The number of benzene rings is 2. The van der Waals surface area contributed by atoms with Crippen molar-refractivity contribution >= 4 is 29.4 Å². The fourth-order valence-electron chi connectivity index (χ4n) is 5.16. The lowest BCUT2D eigenvalue weighted by Crippen LogP contribution is -2.39. The van der Waals surface area contributed by atoms with Crippen LogP contribution in [0, 0.1) is 5.92 Å². The van der Waals surface area contributed by atoms with Gasteiger partial charge in [0, 0.05) is 37.4 Å². The molecule has 1 N–H and O–H groups in total. The van der Waals surface area contributed by atoms with Gasteiger partial charge in [-0.25, -0.2) is 4.79 Å². The van der Waals surface area contributed by atoms with Crippen LogP contribution in [-0.2, 0) is 46.3 Å². The van der Waals surface area contributed by atoms with Crippen LogP contribution < -0.4 is 0 Å². The summed E-state index contributed by atoms with van der Waals surface area (Å²) < 4.78 is 44.2. The smallest absolute Gasteiger partial charge is 0.416 e. The van der Waals surface area contributed by atoms with Gasteiger partial charge in [0.2, 0.25) is 0 Å². The highest BCUT2D eigenvalue weighted by atomic mass is 35.5. The fourth-order valence-corrected chi connectivity index (χ4v) is 5.41. The van der Waals surface area contributed by atoms with E-state index in [0.717, 1.165) is 41.7 Å². The van der Waals surface area contributed by atoms with E-state index in [2.05, 4.69) is 0 Å². The summed E-state index contributed by atoms with van der Waals surface area (Å²) in [7, 11) is 0. The zero-order chi connectivity index (χ0) is 27.4. The number of rotatable bonds is 7. The lowest BCUT2D eigenvalue weighted by Gasteiger charge is -2.32. The molecule has 1 aliphatic heterocycles. The number of hydrogen-bond acceptors (Lipinski definition) is 4. The van der Waals surface area contributed by atoms with Crippen LogP contribution in [0.4, 0.5) is 18.0 Å². The third-order valence-electron chi connectivity index (χ3n) is 7.24. The molecule has 1 fully saturated rings. The Bertz CT molecular complexity index is 1210. The highest BCUT2D eigenvalue weighted by Gasteiger charge is 2.31. The van der Waals surface area contributed by atoms with Crippen molar-refractivity contribution in [2.45, 2.75) is 70.2 Å². The Labute approximate surface area is 223 Å². The van der Waals surface area contributed by atoms with Crippen LogP contribution in [0.15, 0.2) is 36.4 Å². The van der Waals surface area contributed by atoms with Gasteiger partial charge in [-0.2, -0.15) is 13.2 Å². The van der Waals surface area contributed by atoms with Crippen molar-refractivity contribution in [3.05, 3.63) is 69.2 Å². The maximum atomic E-state index is 12.8. The zero-order valence-corrected chi connectivity index (χ0v) is 21.5. The molecule has 0 saturated heterocycles. The van der Waals surface area contributed by atoms with Crippen molar-refractivity contribution in [2.24, 2.45) is 5.92 Å². The number of carbonyl (C=O) groups is 3. The van der Waals surface area contributed by atoms with Crippen molar-refractivity contribution in [2.75, 3.05) is 6.54 Å². The molecule has 0 spiro atoms. The summed E-state index contributed by atoms with van der Waals surface area (Å²) in [6.07, 6.45) is -1.42. The predicted molar refractivity (Wildman–Crippen MR) is 134 cm³/mol. The van der Waals surface area contributed by atoms with E-state index in [1.165, 1.54) is 6.07 Å². The summed E-state index contributed by atoms with van der Waals surface area (Å²) in [5, 5.41) is 8.86. The van der Waals surface area contributed by atoms with Gasteiger partial charge in [-0.05, 0) is 72.4 Å². The van der Waals surface area contributed by atoms with Crippen molar-refractivity contribution in [1.82, 2.24) is 4.90 Å². The second kappa shape index (κ2) is 11.8. The molecule has 1 aliphatic carbocycles. The third kappa shape index (κ3) is 7.28. The zero-order valence-electron chi connectivity index (χ0n) is 20.7. The first-order valence-electron chi connectivity index (χ1n) is 12.6. The maximum absolute atomic E-state index is 12.8. The second-order valence-corrected chi connectivity index (χ2v) is 10.5. The van der Waals surface area contributed by atoms with Gasteiger partial charge in [-0.3, -0.25) is 9.59 Å². The Hall–Kier alpha value is -3.07. The minimum Gasteiger partial charge on any atom is -0.481 e. The van der Waals surface area contributed by atoms with Crippen molar-refractivity contribution in [1.29, 1.82) is 0 Å². The van der Waals surface area contributed by atoms with Crippen LogP contribution in [0.5, 0.6) is 0 Å². The molecular formula is C28H29ClF3NO5. The van der Waals surface area contributed by atoms with Crippen molar-refractivity contribution in [3.8, 4) is 0 Å². The summed E-state index contributed by atoms with van der Waals surface area (Å²) in [5.74, 6) is -0.823. The van der Waals surface area contributed by atoms with Gasteiger partial charge >= 0.3 is 18.2 Å². The van der Waals surface area contributed by atoms with Crippen LogP contribution in [0.3, 0.4) is 0 Å². The first-order valence-corrected chi connectivity index (χ1v) is 13.0. The predicted octanol–water partition coefficient (Wildman–Crippen LogP) is 6.24. The molecule has 2 aromatic rings. The number of ether oxygens (including phenoxy) is 1. The van der Waals surface area contributed by atoms with Gasteiger partial charge in [0.25, 0.3) is 0 Å². The molecule has 1 heterocycles. The molecule has 1 amide bonds. The number of halogens is 4. The number of Topliss-reactive ketones (excluding diaryl/α,β-unsaturated/α-hetero) is 1. The minimum atomic E-state index is -4.50. The molecule has 1 saturated carbocycles. The largest absolute Gasteiger partial charge is 0.481 e. The van der Waals surface area contributed by atoms with Crippen LogP contribution in [0.1, 0.15) is 59.9 Å². The van der Waals surface area contributed by atoms with E-state index in [1.807, 2.05) is 18.2 Å². The van der Waals surface area contributed by atoms with Crippen molar-refractivity contribution < 1.29 is 37.4 Å². The summed E-state index contributed by atoms with van der Waals surface area (Å²) in [4.78, 5) is 37.9. The number of carbonyl (C=O) groups excluding carboxylic acids is 2. The monoisotopic (exact) mass is 551 g/mol. The quantitative estimate of drug-likeness (QED) is 0.440. The molecule has 0 unspecified atom stereocenters. The molecule has 0 radical (unpaired) electrons. The number of fused-ring (bicyclic) bond motifs is 1. The maximum Gasteiger partial charge on any atom is 0.416 e. The van der Waals surface area contributed by atoms with Gasteiger partial charge in [0.15, 0.2) is 0 Å². The van der Waals surface area contributed by atoms with Gasteiger partial charge in [0.05, 0.1) is 5.56 Å². The number of alkyl halides is 3. The van der Waals surface area contributed by atoms with Crippen LogP contribution >= 0.6 is 11.6 Å². The normalized spacial score (nSPS) is 19.5. The van der Waals surface area contributed by atoms with Gasteiger partial charge in [-0.1, -0.05) is 35.9 Å². The molecule has 2 aromatic carbocycles. The Morgan fingerprint density at radius 2 is 1.74 bits per heavy atom. The van der Waals surface area contributed by atoms with Gasteiger partial charge in [0.1, 0.15) is 11.9 Å². The summed E-state index contributed by atoms with van der Waals surface area (Å²) >= 11 is 5.99. The summed E-state index contributed by atoms with van der Waals surface area (Å²) in [6, 6.07) is 8.65. The second-order valence-electron chi connectivity index (χ2n) is 10.1. The van der Waals surface area contributed by atoms with E-state index in [9.17, 15) is 27.6 Å². The van der Waals surface area contributed by atoms with E-state index in [-0.39, 0.29) is 48.2 Å². The SMILES string of the molecule is O=C(O)CC1CCC(OC(=O)N2CCc3cc(CC(=O)Cc4ccc(C(F)(F)F)cc4Cl)ccc3C2)CC1. The molecule has 38 heavy (non-hydrogen) atoms. The Morgan fingerprint density at radius 1 is 1.00 bits per heavy atom. The highest BCUT2D eigenvalue weighted by Crippen LogP contribution is 2.33. The number of carboxylic acids is 1. The number of hydrogen-bond donors (Lipinski definition) is 1. The number of nitrogens with zero attached hydrogens (tertiary/aromatic N) is 1. The first-order chi connectivity index (χ1) is 18.0. The standard InChI is InChI=1S/C28H29ClF3NO5/c29-25-15-22(28(30,31)32)6-5-20(25)14-23(34)12-18-1-4-21-16-33(10-9-19(21)11-18)27(37)38-24-7-2-17(3-8-24)13-26(35)36/h1,4-6,11,15,17,24H,2-3,7-10,12-14,16H2,(H,35,36). The van der Waals surface area contributed by atoms with Gasteiger partial charge < -0.3 is 14.7 Å². The molecule has 0 atom stereocenters. The number of amides is 1. The molecule has 0 bridgehead atoms. The lowest BCUT2D eigenvalue weighted by atomic mass is 9.85. The number of ketones is 1. The Kier molecular flexibility index (Phi) is 8.65. The number of carboxylic acid groups (broad SMARTS) is 1. The Balaban J connectivity index is 1.28. The van der Waals surface area contributed by atoms with E-state index >= 15 is 0 Å². The molecule has 204 valence electrons. The molecule has 4 rings (SSSR count). The van der Waals surface area contributed by atoms with Crippen LogP contribution in [-0.4, -0.2) is 40.5 Å². The Morgan fingerprint density at radius 3 is 2.39 bits per heavy atom. The molecule has 0 aromatic heterocycles. The lowest BCUT2D eigenvalue weighted by molar-refractivity contribution is -0.139. The van der Waals surface area contributed by atoms with E-state index in [0.29, 0.717) is 37.9 Å². The highest BCUT2D eigenvalue weighted by molar-refractivity contribution is 6.31. The molecular weight excluding hydrogens is 523 g/mol. The van der Waals surface area contributed by atoms with Gasteiger partial charge in [-0.15, -0.1) is 0 Å². The molecule has 2 aliphatic rings. The van der Waals surface area contributed by atoms with Crippen LogP contribution in [0.2, 0.25) is 5.02 Å². The third-order valence-corrected chi connectivity index (χ3v) is 7.59. The number of aliphatic carboxylic acids is 1. The first kappa shape index (κ1) is 28.0. The van der Waals surface area contributed by atoms with E-state index in [1.54, 1.807) is 4.90 Å². The minimum absolute atomic E-state index is 0.0636. The molecule has 6 nitrogen and oxygen atoms in total. The van der Waals surface area contributed by atoms with E-state index < -0.39 is 17.7 Å². The molecule has 10 heteroatoms. The summed E-state index contributed by atoms with van der Waals surface area (Å²) in [5.41, 5.74) is 2.31. The topological polar surface area (TPSA) is 83.9 Å². The van der Waals surface area contributed by atoms with E-state index in [4.69, 9.17) is 21.4 Å². The summed E-state index contributed by atoms with van der Waals surface area (Å²) in [6.45, 7) is 0.886.